The summed E-state index contributed by atoms with van der Waals surface area (Å²) >= 11 is 6.79. The first-order valence-electron chi connectivity index (χ1n) is 13.9. The van der Waals surface area contributed by atoms with E-state index in [1.807, 2.05) is 32.6 Å². The Bertz CT molecular complexity index is 1710. The van der Waals surface area contributed by atoms with Gasteiger partial charge in [-0.1, -0.05) is 38.1 Å². The number of halogens is 2. The van der Waals surface area contributed by atoms with Crippen molar-refractivity contribution in [2.24, 2.45) is 15.9 Å². The number of benzene rings is 1. The number of fused-ring (bicyclic) bond motifs is 1. The van der Waals surface area contributed by atoms with E-state index in [1.165, 1.54) is 22.8 Å². The Kier molecular flexibility index (Phi) is 9.15. The lowest BCUT2D eigenvalue weighted by Crippen LogP contribution is -2.58. The average Bonchev–Trinajstić information content (AvgIpc) is 2.95. The lowest BCUT2D eigenvalue weighted by molar-refractivity contribution is -0.130. The van der Waals surface area contributed by atoms with Crippen LogP contribution in [0.3, 0.4) is 0 Å². The van der Waals surface area contributed by atoms with E-state index in [0.29, 0.717) is 41.4 Å². The van der Waals surface area contributed by atoms with Gasteiger partial charge in [0.05, 0.1) is 38.8 Å². The fourth-order valence-electron chi connectivity index (χ4n) is 5.65. The van der Waals surface area contributed by atoms with Gasteiger partial charge in [0.2, 0.25) is 5.91 Å². The maximum Gasteiger partial charge on any atom is 0.355 e. The van der Waals surface area contributed by atoms with Crippen molar-refractivity contribution in [2.45, 2.75) is 46.7 Å². The first kappa shape index (κ1) is 31.6. The van der Waals surface area contributed by atoms with E-state index in [4.69, 9.17) is 22.3 Å². The predicted octanol–water partition coefficient (Wildman–Crippen LogP) is 5.06. The zero-order valence-electron chi connectivity index (χ0n) is 25.2. The minimum absolute atomic E-state index is 0.0166. The van der Waals surface area contributed by atoms with Crippen LogP contribution < -0.4 is 16.3 Å². The van der Waals surface area contributed by atoms with Crippen molar-refractivity contribution < 1.29 is 9.18 Å². The second-order valence-electron chi connectivity index (χ2n) is 10.9. The Morgan fingerprint density at radius 2 is 1.88 bits per heavy atom. The standard InChI is InChI=1S/C31H36ClFN8O2/c1-9-24(42)40-17(4)14-39(15-18(40)5)29-20-13-21(32)27(25-22(33)11-10-12-23(25)34)37-30(20)41(31(43)38-29)28(19(6)35-7)26(36-8)16(2)3/h9-13,16-18H,1,8,14-15,34H2,2-7H3/b28-26+,35-19?/t17-,18+. The van der Waals surface area contributed by atoms with Crippen LogP contribution in [0.2, 0.25) is 5.02 Å². The Labute approximate surface area is 255 Å². The molecule has 2 aromatic heterocycles. The molecule has 2 atom stereocenters. The second kappa shape index (κ2) is 12.5. The largest absolute Gasteiger partial charge is 0.398 e. The molecule has 43 heavy (non-hydrogen) atoms. The highest BCUT2D eigenvalue weighted by Crippen LogP contribution is 2.38. The van der Waals surface area contributed by atoms with Crippen LogP contribution in [0.25, 0.3) is 28.0 Å². The molecule has 12 heteroatoms. The van der Waals surface area contributed by atoms with Crippen LogP contribution in [-0.4, -0.2) is 70.0 Å². The fourth-order valence-corrected chi connectivity index (χ4v) is 5.89. The molecule has 226 valence electrons. The molecule has 0 radical (unpaired) electrons. The first-order valence-corrected chi connectivity index (χ1v) is 14.3. The van der Waals surface area contributed by atoms with Crippen LogP contribution in [0.5, 0.6) is 0 Å². The molecule has 0 aliphatic carbocycles. The van der Waals surface area contributed by atoms with E-state index in [0.717, 1.165) is 0 Å². The van der Waals surface area contributed by atoms with Crippen molar-refractivity contribution in [3.63, 3.8) is 0 Å². The summed E-state index contributed by atoms with van der Waals surface area (Å²) in [5.74, 6) is -0.588. The Balaban J connectivity index is 2.12. The van der Waals surface area contributed by atoms with Crippen molar-refractivity contribution in [1.82, 2.24) is 19.4 Å². The number of amides is 1. The molecule has 1 amide bonds. The molecular weight excluding hydrogens is 571 g/mol. The number of nitrogen functional groups attached to an aromatic ring is 1. The van der Waals surface area contributed by atoms with Gasteiger partial charge in [-0.2, -0.15) is 4.98 Å². The van der Waals surface area contributed by atoms with Gasteiger partial charge in [-0.15, -0.1) is 0 Å². The van der Waals surface area contributed by atoms with Crippen LogP contribution in [0.1, 0.15) is 34.6 Å². The second-order valence-corrected chi connectivity index (χ2v) is 11.3. The number of nitrogens with zero attached hydrogens (tertiary/aromatic N) is 7. The average molecular weight is 607 g/mol. The number of pyridine rings is 1. The molecule has 1 saturated heterocycles. The van der Waals surface area contributed by atoms with E-state index in [2.05, 4.69) is 28.3 Å². The number of hydrogen-bond donors (Lipinski definition) is 1. The van der Waals surface area contributed by atoms with E-state index < -0.39 is 11.5 Å². The number of nitrogens with two attached hydrogens (primary N) is 1. The number of hydrogen-bond acceptors (Lipinski definition) is 8. The minimum atomic E-state index is -0.644. The summed E-state index contributed by atoms with van der Waals surface area (Å²) in [5.41, 5.74) is 7.30. The van der Waals surface area contributed by atoms with Crippen molar-refractivity contribution in [3.05, 3.63) is 63.9 Å². The third kappa shape index (κ3) is 5.69. The summed E-state index contributed by atoms with van der Waals surface area (Å²) in [7, 11) is 1.61. The van der Waals surface area contributed by atoms with E-state index in [-0.39, 0.29) is 51.5 Å². The molecule has 1 aliphatic heterocycles. The number of allylic oxidation sites excluding steroid dienone is 2. The van der Waals surface area contributed by atoms with Gasteiger partial charge < -0.3 is 15.5 Å². The number of aliphatic imine (C=N–C) groups is 2. The van der Waals surface area contributed by atoms with Crippen molar-refractivity contribution in [1.29, 1.82) is 0 Å². The number of piperazine rings is 1. The van der Waals surface area contributed by atoms with Gasteiger partial charge in [0.15, 0.2) is 5.65 Å². The Morgan fingerprint density at radius 1 is 1.23 bits per heavy atom. The lowest BCUT2D eigenvalue weighted by atomic mass is 10.0. The molecule has 0 saturated carbocycles. The third-order valence-corrected chi connectivity index (χ3v) is 7.88. The van der Waals surface area contributed by atoms with Crippen LogP contribution in [0.15, 0.2) is 57.4 Å². The quantitative estimate of drug-likeness (QED) is 0.228. The third-order valence-electron chi connectivity index (χ3n) is 7.59. The monoisotopic (exact) mass is 606 g/mol. The van der Waals surface area contributed by atoms with Crippen LogP contribution >= 0.6 is 11.6 Å². The normalized spacial score (nSPS) is 18.2. The Hall–Kier alpha value is -4.38. The summed E-state index contributed by atoms with van der Waals surface area (Å²) in [6.45, 7) is 17.6. The first-order chi connectivity index (χ1) is 20.4. The molecule has 1 aromatic carbocycles. The van der Waals surface area contributed by atoms with Crippen molar-refractivity contribution in [3.8, 4) is 11.3 Å². The van der Waals surface area contributed by atoms with Crippen molar-refractivity contribution in [2.75, 3.05) is 30.8 Å². The smallest absolute Gasteiger partial charge is 0.355 e. The summed E-state index contributed by atoms with van der Waals surface area (Å²) < 4.78 is 16.5. The maximum atomic E-state index is 15.2. The van der Waals surface area contributed by atoms with Crippen LogP contribution in [0.4, 0.5) is 15.9 Å². The molecular formula is C31H36ClFN8O2. The molecule has 4 rings (SSSR count). The number of aromatic nitrogens is 3. The molecule has 2 N–H and O–H groups in total. The van der Waals surface area contributed by atoms with Gasteiger partial charge >= 0.3 is 5.69 Å². The zero-order valence-corrected chi connectivity index (χ0v) is 26.0. The highest BCUT2D eigenvalue weighted by atomic mass is 35.5. The molecule has 1 fully saturated rings. The van der Waals surface area contributed by atoms with E-state index >= 15 is 4.39 Å². The molecule has 3 heterocycles. The van der Waals surface area contributed by atoms with Gasteiger partial charge in [0, 0.05) is 37.9 Å². The predicted molar refractivity (Wildman–Crippen MR) is 173 cm³/mol. The maximum absolute atomic E-state index is 15.2. The highest BCUT2D eigenvalue weighted by molar-refractivity contribution is 6.34. The fraction of sp³-hybridized carbons (Fsp3) is 0.355. The van der Waals surface area contributed by atoms with Gasteiger partial charge in [-0.3, -0.25) is 14.8 Å². The highest BCUT2D eigenvalue weighted by Gasteiger charge is 2.34. The lowest BCUT2D eigenvalue weighted by Gasteiger charge is -2.44. The zero-order chi connectivity index (χ0) is 31.7. The molecule has 3 aromatic rings. The van der Waals surface area contributed by atoms with Gasteiger partial charge in [-0.25, -0.2) is 18.7 Å². The van der Waals surface area contributed by atoms with Gasteiger partial charge in [0.25, 0.3) is 0 Å². The summed E-state index contributed by atoms with van der Waals surface area (Å²) in [6, 6.07) is 5.51. The van der Waals surface area contributed by atoms with Gasteiger partial charge in [-0.05, 0) is 57.7 Å². The number of carbonyl (C=O) groups excluding carboxylic acids is 1. The van der Waals surface area contributed by atoms with E-state index in [9.17, 15) is 9.59 Å². The number of anilines is 2. The van der Waals surface area contributed by atoms with Crippen LogP contribution in [-0.2, 0) is 4.79 Å². The van der Waals surface area contributed by atoms with Gasteiger partial charge in [0.1, 0.15) is 11.6 Å². The molecule has 0 spiro atoms. The van der Waals surface area contributed by atoms with E-state index in [1.54, 1.807) is 31.0 Å². The summed E-state index contributed by atoms with van der Waals surface area (Å²) in [6.07, 6.45) is 1.29. The SMILES string of the molecule is C=CC(=O)N1[C@H](C)CN(c2nc(=O)n(/C(C(C)=NC)=C(/N=C)C(C)C)c3nc(-c4c(N)cccc4F)c(Cl)cc23)C[C@@H]1C. The topological polar surface area (TPSA) is 122 Å². The van der Waals surface area contributed by atoms with Crippen molar-refractivity contribution >= 4 is 58.2 Å². The minimum Gasteiger partial charge on any atom is -0.398 e. The molecule has 10 nitrogen and oxygen atoms in total. The molecule has 0 bridgehead atoms. The Morgan fingerprint density at radius 3 is 2.42 bits per heavy atom. The molecule has 1 aliphatic rings. The molecule has 0 unspecified atom stereocenters. The number of carbonyl (C=O) groups is 1. The summed E-state index contributed by atoms with van der Waals surface area (Å²) in [4.78, 5) is 48.3. The summed E-state index contributed by atoms with van der Waals surface area (Å²) in [5, 5.41) is 0.566. The number of rotatable bonds is 7. The van der Waals surface area contributed by atoms with Crippen LogP contribution in [0, 0.1) is 11.7 Å².